The van der Waals surface area contributed by atoms with Crippen molar-refractivity contribution in [1.29, 1.82) is 0 Å². The van der Waals surface area contributed by atoms with E-state index in [-0.39, 0.29) is 17.0 Å². The Balaban J connectivity index is 1.57. The zero-order valence-electron chi connectivity index (χ0n) is 13.0. The Hall–Kier alpha value is -2.38. The second kappa shape index (κ2) is 7.94. The average molecular weight is 346 g/mol. The molecule has 0 saturated carbocycles. The Kier molecular flexibility index (Phi) is 5.45. The molecule has 1 amide bonds. The third kappa shape index (κ3) is 4.33. The van der Waals surface area contributed by atoms with E-state index in [2.05, 4.69) is 10.6 Å². The summed E-state index contributed by atoms with van der Waals surface area (Å²) in [6, 6.07) is 10.6. The molecule has 0 spiro atoms. The van der Waals surface area contributed by atoms with Crippen LogP contribution in [0.3, 0.4) is 0 Å². The molecule has 1 saturated heterocycles. The van der Waals surface area contributed by atoms with Gasteiger partial charge in [0.1, 0.15) is 12.4 Å². The highest BCUT2D eigenvalue weighted by Gasteiger charge is 2.17. The van der Waals surface area contributed by atoms with Crippen LogP contribution in [0, 0.1) is 0 Å². The second-order valence-corrected chi connectivity index (χ2v) is 5.74. The van der Waals surface area contributed by atoms with Crippen molar-refractivity contribution in [3.63, 3.8) is 0 Å². The Labute approximate surface area is 145 Å². The summed E-state index contributed by atoms with van der Waals surface area (Å²) in [6.45, 7) is 1.28. The maximum Gasteiger partial charge on any atom is 0.293 e. The van der Waals surface area contributed by atoms with Gasteiger partial charge in [0.25, 0.3) is 5.91 Å². The predicted molar refractivity (Wildman–Crippen MR) is 93.3 cm³/mol. The maximum absolute atomic E-state index is 11.9. The molecule has 1 fully saturated rings. The molecule has 1 aliphatic rings. The van der Waals surface area contributed by atoms with E-state index in [9.17, 15) is 4.79 Å². The third-order valence-corrected chi connectivity index (χ3v) is 3.76. The molecule has 0 radical (unpaired) electrons. The van der Waals surface area contributed by atoms with E-state index >= 15 is 0 Å². The van der Waals surface area contributed by atoms with Crippen LogP contribution in [0.15, 0.2) is 47.1 Å². The SMILES string of the molecule is O=C(NC(=S)Nc1ccccc1OCC1CCCO1)c1ccco1. The van der Waals surface area contributed by atoms with Gasteiger partial charge in [-0.3, -0.25) is 10.1 Å². The highest BCUT2D eigenvalue weighted by molar-refractivity contribution is 7.80. The maximum atomic E-state index is 11.9. The van der Waals surface area contributed by atoms with Crippen molar-refractivity contribution in [3.8, 4) is 5.75 Å². The first kappa shape index (κ1) is 16.5. The van der Waals surface area contributed by atoms with Crippen molar-refractivity contribution in [1.82, 2.24) is 5.32 Å². The van der Waals surface area contributed by atoms with Crippen LogP contribution in [0.4, 0.5) is 5.69 Å². The zero-order valence-corrected chi connectivity index (χ0v) is 13.8. The lowest BCUT2D eigenvalue weighted by atomic mass is 10.2. The number of furan rings is 1. The minimum Gasteiger partial charge on any atom is -0.489 e. The van der Waals surface area contributed by atoms with Crippen LogP contribution >= 0.6 is 12.2 Å². The molecule has 1 aromatic heterocycles. The minimum atomic E-state index is -0.407. The van der Waals surface area contributed by atoms with Crippen molar-refractivity contribution in [2.24, 2.45) is 0 Å². The summed E-state index contributed by atoms with van der Waals surface area (Å²) in [4.78, 5) is 11.9. The summed E-state index contributed by atoms with van der Waals surface area (Å²) in [7, 11) is 0. The largest absolute Gasteiger partial charge is 0.489 e. The molecule has 7 heteroatoms. The molecule has 0 aliphatic carbocycles. The van der Waals surface area contributed by atoms with Gasteiger partial charge in [-0.25, -0.2) is 0 Å². The van der Waals surface area contributed by atoms with Gasteiger partial charge in [-0.1, -0.05) is 12.1 Å². The molecule has 126 valence electrons. The number of hydrogen-bond donors (Lipinski definition) is 2. The van der Waals surface area contributed by atoms with E-state index in [0.717, 1.165) is 19.4 Å². The van der Waals surface area contributed by atoms with Gasteiger partial charge in [0.15, 0.2) is 10.9 Å². The first-order chi connectivity index (χ1) is 11.7. The molecule has 3 rings (SSSR count). The van der Waals surface area contributed by atoms with Gasteiger partial charge in [-0.15, -0.1) is 0 Å². The van der Waals surface area contributed by atoms with Crippen LogP contribution in [0.25, 0.3) is 0 Å². The standard InChI is InChI=1S/C17H18N2O4S/c20-16(15-8-4-10-22-15)19-17(24)18-13-6-1-2-7-14(13)23-11-12-5-3-9-21-12/h1-2,4,6-8,10,12H,3,5,9,11H2,(H2,18,19,20,24). The zero-order chi connectivity index (χ0) is 16.8. The fraction of sp³-hybridized carbons (Fsp3) is 0.294. The van der Waals surface area contributed by atoms with Gasteiger partial charge >= 0.3 is 0 Å². The Morgan fingerprint density at radius 1 is 1.29 bits per heavy atom. The Morgan fingerprint density at radius 2 is 2.17 bits per heavy atom. The Morgan fingerprint density at radius 3 is 2.92 bits per heavy atom. The smallest absolute Gasteiger partial charge is 0.293 e. The van der Waals surface area contributed by atoms with Crippen molar-refractivity contribution in [3.05, 3.63) is 48.4 Å². The summed E-state index contributed by atoms with van der Waals surface area (Å²) in [6.07, 6.45) is 3.63. The molecule has 6 nitrogen and oxygen atoms in total. The van der Waals surface area contributed by atoms with Crippen LogP contribution < -0.4 is 15.4 Å². The quantitative estimate of drug-likeness (QED) is 0.811. The molecule has 0 bridgehead atoms. The number of amides is 1. The molecule has 1 atom stereocenters. The van der Waals surface area contributed by atoms with Gasteiger partial charge < -0.3 is 19.2 Å². The molecule has 1 aromatic carbocycles. The first-order valence-corrected chi connectivity index (χ1v) is 8.12. The summed E-state index contributed by atoms with van der Waals surface area (Å²) >= 11 is 5.17. The van der Waals surface area contributed by atoms with Crippen LogP contribution in [0.5, 0.6) is 5.75 Å². The van der Waals surface area contributed by atoms with Crippen molar-refractivity contribution >= 4 is 28.9 Å². The monoisotopic (exact) mass is 346 g/mol. The minimum absolute atomic E-state index is 0.128. The lowest BCUT2D eigenvalue weighted by Crippen LogP contribution is -2.34. The number of carbonyl (C=O) groups is 1. The van der Waals surface area contributed by atoms with Crippen molar-refractivity contribution in [2.75, 3.05) is 18.5 Å². The number of thiocarbonyl (C=S) groups is 1. The average Bonchev–Trinajstić information content (AvgIpc) is 3.27. The van der Waals surface area contributed by atoms with Crippen LogP contribution in [-0.2, 0) is 4.74 Å². The molecule has 1 unspecified atom stereocenters. The number of benzene rings is 1. The van der Waals surface area contributed by atoms with Gasteiger partial charge in [-0.05, 0) is 49.3 Å². The normalized spacial score (nSPS) is 16.6. The fourth-order valence-electron chi connectivity index (χ4n) is 2.38. The summed E-state index contributed by atoms with van der Waals surface area (Å²) < 4.78 is 16.4. The second-order valence-electron chi connectivity index (χ2n) is 5.33. The van der Waals surface area contributed by atoms with Crippen LogP contribution in [-0.4, -0.2) is 30.3 Å². The van der Waals surface area contributed by atoms with E-state index in [1.54, 1.807) is 12.1 Å². The highest BCUT2D eigenvalue weighted by atomic mass is 32.1. The lowest BCUT2D eigenvalue weighted by Gasteiger charge is -2.16. The molecule has 24 heavy (non-hydrogen) atoms. The van der Waals surface area contributed by atoms with E-state index < -0.39 is 5.91 Å². The number of rotatable bonds is 5. The topological polar surface area (TPSA) is 72.7 Å². The lowest BCUT2D eigenvalue weighted by molar-refractivity contribution is 0.0682. The number of ether oxygens (including phenoxy) is 2. The van der Waals surface area contributed by atoms with Gasteiger partial charge in [0.2, 0.25) is 0 Å². The van der Waals surface area contributed by atoms with Gasteiger partial charge in [0, 0.05) is 6.61 Å². The van der Waals surface area contributed by atoms with Crippen LogP contribution in [0.2, 0.25) is 0 Å². The first-order valence-electron chi connectivity index (χ1n) is 7.71. The van der Waals surface area contributed by atoms with E-state index in [4.69, 9.17) is 26.1 Å². The predicted octanol–water partition coefficient (Wildman–Crippen LogP) is 2.96. The van der Waals surface area contributed by atoms with Crippen LogP contribution in [0.1, 0.15) is 23.4 Å². The number of anilines is 1. The summed E-state index contributed by atoms with van der Waals surface area (Å²) in [5, 5.41) is 5.70. The van der Waals surface area contributed by atoms with E-state index in [1.165, 1.54) is 6.26 Å². The van der Waals surface area contributed by atoms with Crippen molar-refractivity contribution in [2.45, 2.75) is 18.9 Å². The number of hydrogen-bond acceptors (Lipinski definition) is 5. The Bertz CT molecular complexity index is 696. The third-order valence-electron chi connectivity index (χ3n) is 3.56. The fourth-order valence-corrected chi connectivity index (χ4v) is 2.58. The highest BCUT2D eigenvalue weighted by Crippen LogP contribution is 2.25. The van der Waals surface area contributed by atoms with Crippen molar-refractivity contribution < 1.29 is 18.7 Å². The number of carbonyl (C=O) groups excluding carboxylic acids is 1. The number of para-hydroxylation sites is 2. The molecule has 2 heterocycles. The molecular formula is C17H18N2O4S. The summed E-state index contributed by atoms with van der Waals surface area (Å²) in [5.74, 6) is 0.444. The molecule has 2 N–H and O–H groups in total. The summed E-state index contributed by atoms with van der Waals surface area (Å²) in [5.41, 5.74) is 0.681. The molecule has 1 aliphatic heterocycles. The van der Waals surface area contributed by atoms with E-state index in [1.807, 2.05) is 24.3 Å². The van der Waals surface area contributed by atoms with E-state index in [0.29, 0.717) is 18.0 Å². The molecule has 2 aromatic rings. The number of nitrogens with one attached hydrogen (secondary N) is 2. The van der Waals surface area contributed by atoms with Gasteiger partial charge in [0.05, 0.1) is 18.1 Å². The molecular weight excluding hydrogens is 328 g/mol. The van der Waals surface area contributed by atoms with Gasteiger partial charge in [-0.2, -0.15) is 0 Å².